The van der Waals surface area contributed by atoms with E-state index in [1.165, 1.54) is 5.56 Å². The molecular formula is C11H10BrNO2. The normalized spacial score (nSPS) is 13.0. The zero-order chi connectivity index (χ0) is 11.2. The van der Waals surface area contributed by atoms with Gasteiger partial charge in [0, 0.05) is 5.56 Å². The van der Waals surface area contributed by atoms with Crippen LogP contribution in [0.4, 0.5) is 5.69 Å². The molecular weight excluding hydrogens is 258 g/mol. The first-order chi connectivity index (χ1) is 7.04. The van der Waals surface area contributed by atoms with Crippen LogP contribution in [0, 0.1) is 24.0 Å². The molecule has 2 rings (SSSR count). The number of nitro groups is 1. The summed E-state index contributed by atoms with van der Waals surface area (Å²) in [5.74, 6) is 0. The SMILES string of the molecule is Cc1c(Br)c([N+](=O)[O-])c(C)c2c1CC=C2. The Morgan fingerprint density at radius 1 is 1.40 bits per heavy atom. The number of benzene rings is 1. The second-order valence-electron chi connectivity index (χ2n) is 3.67. The largest absolute Gasteiger partial charge is 0.287 e. The molecule has 0 radical (unpaired) electrons. The number of nitrogens with zero attached hydrogens (tertiary/aromatic N) is 1. The molecule has 0 saturated heterocycles. The summed E-state index contributed by atoms with van der Waals surface area (Å²) in [6.07, 6.45) is 4.89. The fourth-order valence-corrected chi connectivity index (χ4v) is 2.71. The number of rotatable bonds is 1. The molecule has 0 aromatic heterocycles. The molecule has 4 heteroatoms. The Labute approximate surface area is 96.1 Å². The third-order valence-corrected chi connectivity index (χ3v) is 3.83. The topological polar surface area (TPSA) is 43.1 Å². The molecule has 3 nitrogen and oxygen atoms in total. The lowest BCUT2D eigenvalue weighted by atomic mass is 9.98. The van der Waals surface area contributed by atoms with Crippen LogP contribution in [0.2, 0.25) is 0 Å². The third kappa shape index (κ3) is 1.40. The summed E-state index contributed by atoms with van der Waals surface area (Å²) >= 11 is 3.32. The Morgan fingerprint density at radius 3 is 2.67 bits per heavy atom. The number of allylic oxidation sites excluding steroid dienone is 1. The van der Waals surface area contributed by atoms with Crippen molar-refractivity contribution in [1.29, 1.82) is 0 Å². The Kier molecular flexibility index (Phi) is 2.38. The summed E-state index contributed by atoms with van der Waals surface area (Å²) in [5, 5.41) is 10.9. The molecule has 0 heterocycles. The van der Waals surface area contributed by atoms with E-state index in [1.807, 2.05) is 19.1 Å². The first-order valence-electron chi connectivity index (χ1n) is 4.66. The van der Waals surface area contributed by atoms with Crippen molar-refractivity contribution in [3.05, 3.63) is 42.9 Å². The molecule has 0 saturated carbocycles. The summed E-state index contributed by atoms with van der Waals surface area (Å²) in [6, 6.07) is 0. The Hall–Kier alpha value is -1.16. The fraction of sp³-hybridized carbons (Fsp3) is 0.273. The molecule has 0 amide bonds. The van der Waals surface area contributed by atoms with Crippen LogP contribution in [0.25, 0.3) is 6.08 Å². The average Bonchev–Trinajstić information content (AvgIpc) is 2.62. The molecule has 1 aromatic rings. The minimum absolute atomic E-state index is 0.192. The minimum atomic E-state index is -0.321. The van der Waals surface area contributed by atoms with Crippen molar-refractivity contribution in [2.75, 3.05) is 0 Å². The van der Waals surface area contributed by atoms with Gasteiger partial charge in [0.05, 0.1) is 9.40 Å². The van der Waals surface area contributed by atoms with Gasteiger partial charge in [-0.15, -0.1) is 0 Å². The highest BCUT2D eigenvalue weighted by Crippen LogP contribution is 2.39. The molecule has 0 fully saturated rings. The summed E-state index contributed by atoms with van der Waals surface area (Å²) in [5.41, 5.74) is 4.14. The zero-order valence-electron chi connectivity index (χ0n) is 8.50. The van der Waals surface area contributed by atoms with E-state index in [0.717, 1.165) is 23.1 Å². The maximum Gasteiger partial charge on any atom is 0.287 e. The van der Waals surface area contributed by atoms with E-state index >= 15 is 0 Å². The second-order valence-corrected chi connectivity index (χ2v) is 4.46. The van der Waals surface area contributed by atoms with E-state index in [4.69, 9.17) is 0 Å². The number of hydrogen-bond acceptors (Lipinski definition) is 2. The molecule has 1 aliphatic carbocycles. The fourth-order valence-electron chi connectivity index (χ4n) is 2.03. The summed E-state index contributed by atoms with van der Waals surface area (Å²) in [7, 11) is 0. The van der Waals surface area contributed by atoms with E-state index < -0.39 is 0 Å². The third-order valence-electron chi connectivity index (χ3n) is 2.86. The van der Waals surface area contributed by atoms with Gasteiger partial charge in [-0.3, -0.25) is 10.1 Å². The van der Waals surface area contributed by atoms with Gasteiger partial charge in [-0.25, -0.2) is 0 Å². The van der Waals surface area contributed by atoms with Crippen LogP contribution < -0.4 is 0 Å². The monoisotopic (exact) mass is 267 g/mol. The number of nitro benzene ring substituents is 1. The maximum absolute atomic E-state index is 10.9. The van der Waals surface area contributed by atoms with Gasteiger partial charge in [-0.05, 0) is 52.9 Å². The highest BCUT2D eigenvalue weighted by molar-refractivity contribution is 9.10. The van der Waals surface area contributed by atoms with E-state index in [-0.39, 0.29) is 10.6 Å². The van der Waals surface area contributed by atoms with Gasteiger partial charge < -0.3 is 0 Å². The number of hydrogen-bond donors (Lipinski definition) is 0. The Morgan fingerprint density at radius 2 is 2.07 bits per heavy atom. The maximum atomic E-state index is 10.9. The van der Waals surface area contributed by atoms with E-state index in [0.29, 0.717) is 4.47 Å². The van der Waals surface area contributed by atoms with Gasteiger partial charge in [0.15, 0.2) is 0 Å². The van der Waals surface area contributed by atoms with Crippen LogP contribution in [0.1, 0.15) is 22.3 Å². The first kappa shape index (κ1) is 10.4. The summed E-state index contributed by atoms with van der Waals surface area (Å²) in [4.78, 5) is 10.6. The quantitative estimate of drug-likeness (QED) is 0.577. The number of halogens is 1. The van der Waals surface area contributed by atoms with Crippen molar-refractivity contribution < 1.29 is 4.92 Å². The molecule has 0 aliphatic heterocycles. The highest BCUT2D eigenvalue weighted by atomic mass is 79.9. The van der Waals surface area contributed by atoms with Gasteiger partial charge in [0.25, 0.3) is 5.69 Å². The lowest BCUT2D eigenvalue weighted by molar-refractivity contribution is -0.386. The first-order valence-corrected chi connectivity index (χ1v) is 5.45. The predicted molar refractivity (Wildman–Crippen MR) is 63.0 cm³/mol. The van der Waals surface area contributed by atoms with Gasteiger partial charge in [-0.2, -0.15) is 0 Å². The van der Waals surface area contributed by atoms with Crippen LogP contribution in [0.5, 0.6) is 0 Å². The van der Waals surface area contributed by atoms with Crippen molar-refractivity contribution in [3.63, 3.8) is 0 Å². The lowest BCUT2D eigenvalue weighted by Gasteiger charge is -2.10. The molecule has 78 valence electrons. The molecule has 1 aliphatic rings. The van der Waals surface area contributed by atoms with Crippen molar-refractivity contribution >= 4 is 27.7 Å². The Balaban J connectivity index is 2.83. The van der Waals surface area contributed by atoms with Crippen molar-refractivity contribution in [2.45, 2.75) is 20.3 Å². The van der Waals surface area contributed by atoms with Gasteiger partial charge in [0.1, 0.15) is 0 Å². The van der Waals surface area contributed by atoms with Crippen molar-refractivity contribution in [3.8, 4) is 0 Å². The van der Waals surface area contributed by atoms with Gasteiger partial charge in [-0.1, -0.05) is 12.2 Å². The predicted octanol–water partition coefficient (Wildman–Crippen LogP) is 3.54. The summed E-state index contributed by atoms with van der Waals surface area (Å²) < 4.78 is 0.618. The molecule has 0 atom stereocenters. The standard InChI is InChI=1S/C11H10BrNO2/c1-6-8-4-3-5-9(8)7(2)11(10(6)12)13(14)15/h3,5H,4H2,1-2H3. The van der Waals surface area contributed by atoms with Crippen LogP contribution in [-0.2, 0) is 6.42 Å². The van der Waals surface area contributed by atoms with Crippen LogP contribution >= 0.6 is 15.9 Å². The van der Waals surface area contributed by atoms with E-state index in [2.05, 4.69) is 15.9 Å². The molecule has 1 aromatic carbocycles. The van der Waals surface area contributed by atoms with Gasteiger partial charge in [0.2, 0.25) is 0 Å². The molecule has 15 heavy (non-hydrogen) atoms. The van der Waals surface area contributed by atoms with Crippen molar-refractivity contribution in [2.24, 2.45) is 0 Å². The number of fused-ring (bicyclic) bond motifs is 1. The lowest BCUT2D eigenvalue weighted by Crippen LogP contribution is -2.00. The molecule has 0 bridgehead atoms. The molecule has 0 N–H and O–H groups in total. The Bertz CT molecular complexity index is 492. The van der Waals surface area contributed by atoms with Gasteiger partial charge >= 0.3 is 0 Å². The second kappa shape index (κ2) is 3.45. The van der Waals surface area contributed by atoms with Crippen LogP contribution in [0.15, 0.2) is 10.5 Å². The minimum Gasteiger partial charge on any atom is -0.258 e. The average molecular weight is 268 g/mol. The van der Waals surface area contributed by atoms with Crippen molar-refractivity contribution in [1.82, 2.24) is 0 Å². The van der Waals surface area contributed by atoms with E-state index in [1.54, 1.807) is 6.92 Å². The highest BCUT2D eigenvalue weighted by Gasteiger charge is 2.25. The van der Waals surface area contributed by atoms with E-state index in [9.17, 15) is 10.1 Å². The van der Waals surface area contributed by atoms with Crippen LogP contribution in [-0.4, -0.2) is 4.92 Å². The zero-order valence-corrected chi connectivity index (χ0v) is 10.1. The smallest absolute Gasteiger partial charge is 0.258 e. The van der Waals surface area contributed by atoms with Crippen LogP contribution in [0.3, 0.4) is 0 Å². The molecule has 0 spiro atoms. The summed E-state index contributed by atoms with van der Waals surface area (Å²) in [6.45, 7) is 3.72. The molecule has 0 unspecified atom stereocenters.